The third-order valence-electron chi connectivity index (χ3n) is 3.93. The summed E-state index contributed by atoms with van der Waals surface area (Å²) in [5.41, 5.74) is 1.78. The van der Waals surface area contributed by atoms with Crippen LogP contribution in [0.25, 0.3) is 16.8 Å². The number of benzene rings is 3. The molecule has 0 saturated heterocycles. The Morgan fingerprint density at radius 1 is 1.04 bits per heavy atom. The van der Waals surface area contributed by atoms with Gasteiger partial charge in [-0.2, -0.15) is 0 Å². The second kappa shape index (κ2) is 7.62. The highest BCUT2D eigenvalue weighted by Gasteiger charge is 2.04. The number of fused-ring (bicyclic) bond motifs is 1. The summed E-state index contributed by atoms with van der Waals surface area (Å²) >= 11 is 0. The van der Waals surface area contributed by atoms with Crippen LogP contribution < -0.4 is 10.1 Å². The average molecular weight is 335 g/mol. The summed E-state index contributed by atoms with van der Waals surface area (Å²) in [4.78, 5) is 12.0. The first-order chi connectivity index (χ1) is 12.2. The predicted molar refractivity (Wildman–Crippen MR) is 97.8 cm³/mol. The molecule has 0 aliphatic rings. The first-order valence-corrected chi connectivity index (χ1v) is 7.93. The Hall–Kier alpha value is -3.14. The number of ether oxygens (including phenoxy) is 1. The zero-order valence-corrected chi connectivity index (χ0v) is 13.8. The lowest BCUT2D eigenvalue weighted by Gasteiger charge is -2.08. The van der Waals surface area contributed by atoms with E-state index in [9.17, 15) is 9.18 Å². The zero-order chi connectivity index (χ0) is 17.6. The number of halogens is 1. The van der Waals surface area contributed by atoms with Crippen LogP contribution in [0.1, 0.15) is 11.1 Å². The van der Waals surface area contributed by atoms with Crippen molar-refractivity contribution in [2.24, 2.45) is 0 Å². The first-order valence-electron chi connectivity index (χ1n) is 7.93. The molecular weight excluding hydrogens is 317 g/mol. The number of carbonyl (C=O) groups excluding carboxylic acids is 1. The fourth-order valence-electron chi connectivity index (χ4n) is 2.63. The molecule has 25 heavy (non-hydrogen) atoms. The van der Waals surface area contributed by atoms with Crippen LogP contribution in [0.3, 0.4) is 0 Å². The van der Waals surface area contributed by atoms with E-state index in [0.717, 1.165) is 27.6 Å². The van der Waals surface area contributed by atoms with Gasteiger partial charge in [0.25, 0.3) is 0 Å². The minimum atomic E-state index is -0.290. The second-order valence-electron chi connectivity index (χ2n) is 5.58. The van der Waals surface area contributed by atoms with Gasteiger partial charge in [0.1, 0.15) is 11.6 Å². The zero-order valence-electron chi connectivity index (χ0n) is 13.8. The maximum atomic E-state index is 12.9. The van der Waals surface area contributed by atoms with Crippen molar-refractivity contribution in [1.82, 2.24) is 5.32 Å². The number of hydrogen-bond donors (Lipinski definition) is 1. The first kappa shape index (κ1) is 16.7. The molecule has 126 valence electrons. The molecule has 0 bridgehead atoms. The monoisotopic (exact) mass is 335 g/mol. The van der Waals surface area contributed by atoms with E-state index in [2.05, 4.69) is 5.32 Å². The highest BCUT2D eigenvalue weighted by Crippen LogP contribution is 2.28. The fourth-order valence-corrected chi connectivity index (χ4v) is 2.63. The van der Waals surface area contributed by atoms with Gasteiger partial charge in [-0.15, -0.1) is 0 Å². The Kier molecular flexibility index (Phi) is 5.09. The Balaban J connectivity index is 1.72. The summed E-state index contributed by atoms with van der Waals surface area (Å²) in [7, 11) is 1.64. The van der Waals surface area contributed by atoms with Crippen LogP contribution in [-0.2, 0) is 11.3 Å². The third kappa shape index (κ3) is 4.04. The summed E-state index contributed by atoms with van der Waals surface area (Å²) in [6.45, 7) is 0.354. The van der Waals surface area contributed by atoms with Crippen LogP contribution in [0.4, 0.5) is 4.39 Å². The largest absolute Gasteiger partial charge is 0.496 e. The van der Waals surface area contributed by atoms with Crippen molar-refractivity contribution in [2.45, 2.75) is 6.54 Å². The second-order valence-corrected chi connectivity index (χ2v) is 5.58. The SMILES string of the molecule is COc1ccc(C=CC(=O)NCc2ccc(F)cc2)c2ccccc12. The molecule has 1 amide bonds. The third-order valence-corrected chi connectivity index (χ3v) is 3.93. The van der Waals surface area contributed by atoms with E-state index in [1.165, 1.54) is 18.2 Å². The molecule has 0 aliphatic carbocycles. The lowest BCUT2D eigenvalue weighted by molar-refractivity contribution is -0.116. The van der Waals surface area contributed by atoms with Gasteiger partial charge in [-0.05, 0) is 40.8 Å². The molecule has 0 aliphatic heterocycles. The Bertz CT molecular complexity index is 917. The Labute approximate surface area is 145 Å². The van der Waals surface area contributed by atoms with E-state index >= 15 is 0 Å². The summed E-state index contributed by atoms with van der Waals surface area (Å²) in [5.74, 6) is 0.305. The molecule has 0 spiro atoms. The molecular formula is C21H18FNO2. The summed E-state index contributed by atoms with van der Waals surface area (Å²) < 4.78 is 18.2. The molecule has 4 heteroatoms. The molecule has 0 radical (unpaired) electrons. The van der Waals surface area contributed by atoms with Crippen molar-refractivity contribution >= 4 is 22.8 Å². The molecule has 0 unspecified atom stereocenters. The van der Waals surface area contributed by atoms with Gasteiger partial charge in [0.2, 0.25) is 5.91 Å². The molecule has 0 fully saturated rings. The summed E-state index contributed by atoms with van der Waals surface area (Å²) in [5, 5.41) is 4.80. The van der Waals surface area contributed by atoms with Gasteiger partial charge < -0.3 is 10.1 Å². The van der Waals surface area contributed by atoms with Crippen molar-refractivity contribution in [2.75, 3.05) is 7.11 Å². The van der Waals surface area contributed by atoms with E-state index in [1.54, 1.807) is 25.3 Å². The molecule has 3 aromatic rings. The Morgan fingerprint density at radius 3 is 2.48 bits per heavy atom. The number of hydrogen-bond acceptors (Lipinski definition) is 2. The lowest BCUT2D eigenvalue weighted by Crippen LogP contribution is -2.20. The van der Waals surface area contributed by atoms with Crippen molar-refractivity contribution in [3.63, 3.8) is 0 Å². The normalized spacial score (nSPS) is 11.0. The van der Waals surface area contributed by atoms with Gasteiger partial charge >= 0.3 is 0 Å². The molecule has 0 aromatic heterocycles. The van der Waals surface area contributed by atoms with Crippen LogP contribution in [-0.4, -0.2) is 13.0 Å². The molecule has 3 nitrogen and oxygen atoms in total. The van der Waals surface area contributed by atoms with Gasteiger partial charge in [-0.1, -0.05) is 42.5 Å². The van der Waals surface area contributed by atoms with Gasteiger partial charge in [0, 0.05) is 18.0 Å². The number of methoxy groups -OCH3 is 1. The van der Waals surface area contributed by atoms with Crippen molar-refractivity contribution in [3.8, 4) is 5.75 Å². The highest BCUT2D eigenvalue weighted by atomic mass is 19.1. The van der Waals surface area contributed by atoms with Crippen molar-refractivity contribution in [3.05, 3.63) is 83.7 Å². The number of nitrogens with one attached hydrogen (secondary N) is 1. The molecule has 0 atom stereocenters. The summed E-state index contributed by atoms with van der Waals surface area (Å²) in [6.07, 6.45) is 3.28. The van der Waals surface area contributed by atoms with Crippen LogP contribution in [0, 0.1) is 5.82 Å². The maximum absolute atomic E-state index is 12.9. The van der Waals surface area contributed by atoms with Crippen molar-refractivity contribution in [1.29, 1.82) is 0 Å². The standard InChI is InChI=1S/C21H18FNO2/c1-25-20-12-8-16(18-4-2-3-5-19(18)20)9-13-21(24)23-14-15-6-10-17(22)11-7-15/h2-13H,14H2,1H3,(H,23,24). The molecule has 1 N–H and O–H groups in total. The topological polar surface area (TPSA) is 38.3 Å². The van der Waals surface area contributed by atoms with Crippen LogP contribution in [0.15, 0.2) is 66.7 Å². The predicted octanol–water partition coefficient (Wildman–Crippen LogP) is 4.32. The molecule has 0 heterocycles. The number of carbonyl (C=O) groups is 1. The van der Waals surface area contributed by atoms with Gasteiger partial charge in [-0.25, -0.2) is 4.39 Å². The summed E-state index contributed by atoms with van der Waals surface area (Å²) in [6, 6.07) is 17.7. The minimum Gasteiger partial charge on any atom is -0.496 e. The van der Waals surface area contributed by atoms with Gasteiger partial charge in [0.15, 0.2) is 0 Å². The molecule has 0 saturated carbocycles. The van der Waals surface area contributed by atoms with Gasteiger partial charge in [0.05, 0.1) is 7.11 Å². The number of rotatable bonds is 5. The minimum absolute atomic E-state index is 0.204. The quantitative estimate of drug-likeness (QED) is 0.705. The highest BCUT2D eigenvalue weighted by molar-refractivity contribution is 5.98. The number of amides is 1. The lowest BCUT2D eigenvalue weighted by atomic mass is 10.0. The van der Waals surface area contributed by atoms with E-state index in [1.807, 2.05) is 36.4 Å². The van der Waals surface area contributed by atoms with E-state index in [4.69, 9.17) is 4.74 Å². The van der Waals surface area contributed by atoms with Crippen LogP contribution in [0.5, 0.6) is 5.75 Å². The average Bonchev–Trinajstić information content (AvgIpc) is 2.65. The van der Waals surface area contributed by atoms with Crippen LogP contribution >= 0.6 is 0 Å². The van der Waals surface area contributed by atoms with Gasteiger partial charge in [-0.3, -0.25) is 4.79 Å². The van der Waals surface area contributed by atoms with Crippen LogP contribution in [0.2, 0.25) is 0 Å². The van der Waals surface area contributed by atoms with Crippen molar-refractivity contribution < 1.29 is 13.9 Å². The fraction of sp³-hybridized carbons (Fsp3) is 0.0952. The smallest absolute Gasteiger partial charge is 0.244 e. The van der Waals surface area contributed by atoms with E-state index in [0.29, 0.717) is 6.54 Å². The van der Waals surface area contributed by atoms with E-state index in [-0.39, 0.29) is 11.7 Å². The maximum Gasteiger partial charge on any atom is 0.244 e. The molecule has 3 aromatic carbocycles. The van der Waals surface area contributed by atoms with E-state index < -0.39 is 0 Å². The molecule has 3 rings (SSSR count). The Morgan fingerprint density at radius 2 is 1.76 bits per heavy atom.